The van der Waals surface area contributed by atoms with Crippen LogP contribution in [0.4, 0.5) is 5.69 Å². The lowest BCUT2D eigenvalue weighted by Gasteiger charge is -2.32. The van der Waals surface area contributed by atoms with Crippen LogP contribution in [0.15, 0.2) is 54.6 Å². The molecule has 2 N–H and O–H groups in total. The van der Waals surface area contributed by atoms with E-state index in [2.05, 4.69) is 14.9 Å². The normalized spacial score (nSPS) is 17.8. The Morgan fingerprint density at radius 1 is 1.10 bits per heavy atom. The van der Waals surface area contributed by atoms with E-state index in [1.165, 1.54) is 6.26 Å². The van der Waals surface area contributed by atoms with Crippen molar-refractivity contribution in [3.63, 3.8) is 0 Å². The van der Waals surface area contributed by atoms with E-state index in [4.69, 9.17) is 0 Å². The lowest BCUT2D eigenvalue weighted by molar-refractivity contribution is -0.116. The molecule has 0 radical (unpaired) electrons. The Morgan fingerprint density at radius 3 is 2.59 bits per heavy atom. The van der Waals surface area contributed by atoms with Gasteiger partial charge < -0.3 is 10.2 Å². The second-order valence-electron chi connectivity index (χ2n) is 7.64. The van der Waals surface area contributed by atoms with Crippen molar-refractivity contribution in [2.75, 3.05) is 37.8 Å². The predicted molar refractivity (Wildman–Crippen MR) is 117 cm³/mol. The van der Waals surface area contributed by atoms with Crippen LogP contribution < -0.4 is 10.0 Å². The Hall–Kier alpha value is -2.22. The molecule has 0 aliphatic carbocycles. The van der Waals surface area contributed by atoms with Crippen molar-refractivity contribution in [3.8, 4) is 11.1 Å². The number of hydrogen-bond donors (Lipinski definition) is 2. The van der Waals surface area contributed by atoms with Gasteiger partial charge in [0.15, 0.2) is 0 Å². The maximum Gasteiger partial charge on any atom is 0.225 e. The van der Waals surface area contributed by atoms with Gasteiger partial charge in [0.2, 0.25) is 15.9 Å². The van der Waals surface area contributed by atoms with Gasteiger partial charge in [-0.15, -0.1) is 0 Å². The highest BCUT2D eigenvalue weighted by molar-refractivity contribution is 7.88. The molecule has 6 nitrogen and oxygen atoms in total. The van der Waals surface area contributed by atoms with Crippen LogP contribution in [0.1, 0.15) is 19.3 Å². The molecular formula is C22H29N3O3S. The number of anilines is 1. The second-order valence-corrected chi connectivity index (χ2v) is 9.47. The molecule has 1 saturated heterocycles. The van der Waals surface area contributed by atoms with Crippen LogP contribution in [0.3, 0.4) is 0 Å². The molecule has 0 aromatic heterocycles. The molecular weight excluding hydrogens is 386 g/mol. The van der Waals surface area contributed by atoms with Gasteiger partial charge in [0.1, 0.15) is 0 Å². The molecule has 1 fully saturated rings. The molecule has 156 valence electrons. The van der Waals surface area contributed by atoms with Crippen molar-refractivity contribution in [2.24, 2.45) is 5.92 Å². The zero-order chi connectivity index (χ0) is 20.7. The number of likely N-dealkylation sites (tertiary alicyclic amines) is 1. The molecule has 29 heavy (non-hydrogen) atoms. The molecule has 1 aliphatic rings. The average molecular weight is 416 g/mol. The number of nitrogens with zero attached hydrogens (tertiary/aromatic N) is 1. The topological polar surface area (TPSA) is 78.5 Å². The third-order valence-corrected chi connectivity index (χ3v) is 5.87. The molecule has 2 aromatic rings. The number of benzene rings is 2. The minimum Gasteiger partial charge on any atom is -0.325 e. The van der Waals surface area contributed by atoms with Gasteiger partial charge in [-0.05, 0) is 36.9 Å². The standard InChI is InChI=1S/C22H29N3O3S/c1-29(27,28)23-16-18-8-7-14-25(17-18)15-13-22(26)24-21-12-6-5-11-20(21)19-9-3-2-4-10-19/h2-6,9-12,18,23H,7-8,13-17H2,1H3,(H,24,26). The first kappa shape index (κ1) is 21.5. The van der Waals surface area contributed by atoms with Crippen molar-refractivity contribution in [1.82, 2.24) is 9.62 Å². The van der Waals surface area contributed by atoms with Crippen LogP contribution in [-0.2, 0) is 14.8 Å². The Bertz CT molecular complexity index is 916. The summed E-state index contributed by atoms with van der Waals surface area (Å²) >= 11 is 0. The van der Waals surface area contributed by atoms with E-state index in [0.29, 0.717) is 25.4 Å². The van der Waals surface area contributed by atoms with Crippen molar-refractivity contribution in [1.29, 1.82) is 0 Å². The quantitative estimate of drug-likeness (QED) is 0.695. The molecule has 7 heteroatoms. The second kappa shape index (κ2) is 10.0. The number of piperidine rings is 1. The molecule has 1 amide bonds. The van der Waals surface area contributed by atoms with Crippen LogP contribution in [-0.4, -0.2) is 51.7 Å². The monoisotopic (exact) mass is 415 g/mol. The number of hydrogen-bond acceptors (Lipinski definition) is 4. The van der Waals surface area contributed by atoms with Gasteiger partial charge in [-0.25, -0.2) is 13.1 Å². The molecule has 1 atom stereocenters. The maximum atomic E-state index is 12.5. The van der Waals surface area contributed by atoms with Crippen LogP contribution in [0.25, 0.3) is 11.1 Å². The van der Waals surface area contributed by atoms with E-state index in [1.807, 2.05) is 54.6 Å². The van der Waals surface area contributed by atoms with Crippen LogP contribution in [0.2, 0.25) is 0 Å². The Morgan fingerprint density at radius 2 is 1.83 bits per heavy atom. The minimum atomic E-state index is -3.16. The Balaban J connectivity index is 1.52. The number of sulfonamides is 1. The molecule has 0 bridgehead atoms. The summed E-state index contributed by atoms with van der Waals surface area (Å²) in [5.41, 5.74) is 2.89. The van der Waals surface area contributed by atoms with Crippen molar-refractivity contribution < 1.29 is 13.2 Å². The number of carbonyl (C=O) groups is 1. The molecule has 0 spiro atoms. The van der Waals surface area contributed by atoms with Crippen LogP contribution in [0.5, 0.6) is 0 Å². The molecule has 2 aromatic carbocycles. The summed E-state index contributed by atoms with van der Waals surface area (Å²) in [4.78, 5) is 14.8. The fourth-order valence-corrected chi connectivity index (χ4v) is 4.26. The van der Waals surface area contributed by atoms with Gasteiger partial charge >= 0.3 is 0 Å². The number of amides is 1. The smallest absolute Gasteiger partial charge is 0.225 e. The number of para-hydroxylation sites is 1. The highest BCUT2D eigenvalue weighted by Gasteiger charge is 2.21. The molecule has 1 aliphatic heterocycles. The summed E-state index contributed by atoms with van der Waals surface area (Å²) in [5.74, 6) is 0.283. The van der Waals surface area contributed by atoms with Gasteiger partial charge in [0.05, 0.1) is 6.26 Å². The third-order valence-electron chi connectivity index (χ3n) is 5.18. The van der Waals surface area contributed by atoms with Crippen LogP contribution in [0, 0.1) is 5.92 Å². The molecule has 0 saturated carbocycles. The lowest BCUT2D eigenvalue weighted by atomic mass is 9.98. The zero-order valence-corrected chi connectivity index (χ0v) is 17.6. The van der Waals surface area contributed by atoms with E-state index in [9.17, 15) is 13.2 Å². The number of nitrogens with one attached hydrogen (secondary N) is 2. The summed E-state index contributed by atoms with van der Waals surface area (Å²) in [6, 6.07) is 17.8. The van der Waals surface area contributed by atoms with Crippen molar-refractivity contribution >= 4 is 21.6 Å². The summed E-state index contributed by atoms with van der Waals surface area (Å²) < 4.78 is 25.2. The first-order valence-electron chi connectivity index (χ1n) is 10.0. The highest BCUT2D eigenvalue weighted by Crippen LogP contribution is 2.27. The summed E-state index contributed by atoms with van der Waals surface area (Å²) in [7, 11) is -3.16. The summed E-state index contributed by atoms with van der Waals surface area (Å²) in [6.45, 7) is 2.90. The number of rotatable bonds is 8. The van der Waals surface area contributed by atoms with Crippen molar-refractivity contribution in [2.45, 2.75) is 19.3 Å². The maximum absolute atomic E-state index is 12.5. The first-order chi connectivity index (χ1) is 13.9. The lowest BCUT2D eigenvalue weighted by Crippen LogP contribution is -2.41. The van der Waals surface area contributed by atoms with E-state index in [0.717, 1.165) is 42.7 Å². The van der Waals surface area contributed by atoms with Gasteiger partial charge in [-0.2, -0.15) is 0 Å². The zero-order valence-electron chi connectivity index (χ0n) is 16.8. The fourth-order valence-electron chi connectivity index (χ4n) is 3.72. The molecule has 1 unspecified atom stereocenters. The van der Waals surface area contributed by atoms with Gasteiger partial charge in [0.25, 0.3) is 0 Å². The van der Waals surface area contributed by atoms with Crippen molar-refractivity contribution in [3.05, 3.63) is 54.6 Å². The molecule has 1 heterocycles. The van der Waals surface area contributed by atoms with E-state index >= 15 is 0 Å². The van der Waals surface area contributed by atoms with Gasteiger partial charge in [-0.1, -0.05) is 48.5 Å². The molecule has 3 rings (SSSR count). The summed E-state index contributed by atoms with van der Waals surface area (Å²) in [5, 5.41) is 3.05. The average Bonchev–Trinajstić information content (AvgIpc) is 2.72. The Labute approximate surface area is 173 Å². The fraction of sp³-hybridized carbons (Fsp3) is 0.409. The minimum absolute atomic E-state index is 0.00948. The van der Waals surface area contributed by atoms with E-state index in [-0.39, 0.29) is 5.91 Å². The SMILES string of the molecule is CS(=O)(=O)NCC1CCCN(CCC(=O)Nc2ccccc2-c2ccccc2)C1. The highest BCUT2D eigenvalue weighted by atomic mass is 32.2. The number of carbonyl (C=O) groups excluding carboxylic acids is 1. The largest absolute Gasteiger partial charge is 0.325 e. The van der Waals surface area contributed by atoms with E-state index < -0.39 is 10.0 Å². The van der Waals surface area contributed by atoms with Gasteiger partial charge in [-0.3, -0.25) is 4.79 Å². The van der Waals surface area contributed by atoms with Gasteiger partial charge in [0, 0.05) is 37.3 Å². The predicted octanol–water partition coefficient (Wildman–Crippen LogP) is 2.94. The summed E-state index contributed by atoms with van der Waals surface area (Å²) in [6.07, 6.45) is 3.63. The first-order valence-corrected chi connectivity index (χ1v) is 11.9. The van der Waals surface area contributed by atoms with Crippen LogP contribution >= 0.6 is 0 Å². The third kappa shape index (κ3) is 6.96. The van der Waals surface area contributed by atoms with E-state index in [1.54, 1.807) is 0 Å². The Kier molecular flexibility index (Phi) is 7.41.